The number of nitrogens with zero attached hydrogens (tertiary/aromatic N) is 1. The van der Waals surface area contributed by atoms with Gasteiger partial charge in [0.05, 0.1) is 6.54 Å². The van der Waals surface area contributed by atoms with Crippen LogP contribution in [0, 0.1) is 11.8 Å². The second-order valence-electron chi connectivity index (χ2n) is 4.93. The molecule has 1 aromatic heterocycles. The number of hydrogen-bond donors (Lipinski definition) is 1. The van der Waals surface area contributed by atoms with Gasteiger partial charge in [-0.1, -0.05) is 17.9 Å². The molecule has 0 unspecified atom stereocenters. The van der Waals surface area contributed by atoms with Gasteiger partial charge in [0, 0.05) is 29.1 Å². The van der Waals surface area contributed by atoms with Gasteiger partial charge >= 0.3 is 0 Å². The van der Waals surface area contributed by atoms with Gasteiger partial charge in [0.2, 0.25) is 0 Å². The van der Waals surface area contributed by atoms with E-state index in [0.717, 1.165) is 18.5 Å². The minimum absolute atomic E-state index is 0.0725. The summed E-state index contributed by atoms with van der Waals surface area (Å²) in [5, 5.41) is 2.10. The van der Waals surface area contributed by atoms with Crippen molar-refractivity contribution in [1.82, 2.24) is 4.90 Å². The number of nitrogens with two attached hydrogens (primary N) is 1. The van der Waals surface area contributed by atoms with Gasteiger partial charge < -0.3 is 10.6 Å². The molecule has 0 fully saturated rings. The van der Waals surface area contributed by atoms with Crippen molar-refractivity contribution < 1.29 is 4.79 Å². The van der Waals surface area contributed by atoms with Crippen LogP contribution in [0.5, 0.6) is 0 Å². The van der Waals surface area contributed by atoms with Gasteiger partial charge in [0.25, 0.3) is 5.91 Å². The molecular weight excluding hydrogens is 280 g/mol. The maximum atomic E-state index is 12.6. The molecule has 21 heavy (non-hydrogen) atoms. The Kier molecular flexibility index (Phi) is 4.05. The van der Waals surface area contributed by atoms with Crippen LogP contribution in [0.15, 0.2) is 35.7 Å². The second-order valence-corrected chi connectivity index (χ2v) is 5.93. The average Bonchev–Trinajstić information content (AvgIpc) is 3.00. The molecule has 0 radical (unpaired) electrons. The molecule has 0 spiro atoms. The summed E-state index contributed by atoms with van der Waals surface area (Å²) < 4.78 is 0. The molecule has 2 N–H and O–H groups in total. The van der Waals surface area contributed by atoms with E-state index in [-0.39, 0.29) is 5.91 Å². The Bertz CT molecular complexity index is 724. The highest BCUT2D eigenvalue weighted by atomic mass is 32.1. The summed E-state index contributed by atoms with van der Waals surface area (Å²) in [5.74, 6) is 5.86. The molecule has 0 aliphatic carbocycles. The molecule has 106 valence electrons. The van der Waals surface area contributed by atoms with E-state index < -0.39 is 0 Å². The number of benzene rings is 1. The molecule has 4 heteroatoms. The van der Waals surface area contributed by atoms with Gasteiger partial charge in [-0.15, -0.1) is 11.3 Å². The molecule has 1 aliphatic rings. The highest BCUT2D eigenvalue weighted by molar-refractivity contribution is 7.10. The van der Waals surface area contributed by atoms with Crippen molar-refractivity contribution >= 4 is 17.2 Å². The number of amides is 1. The van der Waals surface area contributed by atoms with Crippen molar-refractivity contribution in [3.8, 4) is 11.8 Å². The van der Waals surface area contributed by atoms with Crippen LogP contribution in [0.1, 0.15) is 26.4 Å². The Balaban J connectivity index is 1.80. The molecule has 3 nitrogen and oxygen atoms in total. The van der Waals surface area contributed by atoms with Crippen molar-refractivity contribution in [1.29, 1.82) is 0 Å². The van der Waals surface area contributed by atoms with E-state index >= 15 is 0 Å². The van der Waals surface area contributed by atoms with Crippen LogP contribution in [0.4, 0.5) is 0 Å². The first-order chi connectivity index (χ1) is 10.3. The molecule has 3 rings (SSSR count). The van der Waals surface area contributed by atoms with Crippen molar-refractivity contribution in [2.75, 3.05) is 13.1 Å². The summed E-state index contributed by atoms with van der Waals surface area (Å²) in [6.45, 7) is 1.81. The molecular formula is C17H16N2OS. The number of fused-ring (bicyclic) bond motifs is 1. The van der Waals surface area contributed by atoms with E-state index in [2.05, 4.69) is 23.3 Å². The minimum atomic E-state index is 0.0725. The highest BCUT2D eigenvalue weighted by Crippen LogP contribution is 2.25. The number of carbonyl (C=O) groups excluding carboxylic acids is 1. The third-order valence-corrected chi connectivity index (χ3v) is 4.56. The molecule has 0 saturated carbocycles. The predicted molar refractivity (Wildman–Crippen MR) is 85.1 cm³/mol. The smallest absolute Gasteiger partial charge is 0.254 e. The highest BCUT2D eigenvalue weighted by Gasteiger charge is 2.22. The van der Waals surface area contributed by atoms with Crippen molar-refractivity contribution in [2.45, 2.75) is 13.0 Å². The van der Waals surface area contributed by atoms with E-state index in [4.69, 9.17) is 5.73 Å². The molecule has 2 heterocycles. The first-order valence-corrected chi connectivity index (χ1v) is 7.79. The van der Waals surface area contributed by atoms with E-state index in [9.17, 15) is 4.79 Å². The molecule has 0 saturated heterocycles. The van der Waals surface area contributed by atoms with Gasteiger partial charge in [-0.3, -0.25) is 4.79 Å². The van der Waals surface area contributed by atoms with Crippen LogP contribution in [0.2, 0.25) is 0 Å². The maximum absolute atomic E-state index is 12.6. The van der Waals surface area contributed by atoms with Crippen molar-refractivity contribution in [2.24, 2.45) is 5.73 Å². The zero-order valence-electron chi connectivity index (χ0n) is 11.6. The normalized spacial score (nSPS) is 13.3. The third-order valence-electron chi connectivity index (χ3n) is 3.54. The third kappa shape index (κ3) is 2.99. The summed E-state index contributed by atoms with van der Waals surface area (Å²) in [5.41, 5.74) is 8.18. The fourth-order valence-corrected chi connectivity index (χ4v) is 3.38. The van der Waals surface area contributed by atoms with Crippen LogP contribution in [-0.4, -0.2) is 23.9 Å². The quantitative estimate of drug-likeness (QED) is 0.821. The van der Waals surface area contributed by atoms with Gasteiger partial charge in [-0.25, -0.2) is 0 Å². The van der Waals surface area contributed by atoms with Crippen LogP contribution in [-0.2, 0) is 13.0 Å². The standard InChI is InChI=1S/C17H16N2OS/c18-8-2-4-13-3-1-5-14(11-13)17(20)19-9-6-16-15(12-19)7-10-21-16/h1,3,5,7,10-11H,6,8-9,12,18H2. The Labute approximate surface area is 128 Å². The number of rotatable bonds is 1. The topological polar surface area (TPSA) is 46.3 Å². The summed E-state index contributed by atoms with van der Waals surface area (Å²) in [6, 6.07) is 9.57. The van der Waals surface area contributed by atoms with Crippen LogP contribution in [0.25, 0.3) is 0 Å². The number of carbonyl (C=O) groups is 1. The SMILES string of the molecule is NCC#Cc1cccc(C(=O)N2CCc3sccc3C2)c1. The molecule has 1 aromatic carbocycles. The first kappa shape index (κ1) is 13.9. The zero-order valence-corrected chi connectivity index (χ0v) is 12.5. The van der Waals surface area contributed by atoms with E-state index in [1.54, 1.807) is 11.3 Å². The molecule has 1 aliphatic heterocycles. The second kappa shape index (κ2) is 6.13. The van der Waals surface area contributed by atoms with Crippen molar-refractivity contribution in [3.63, 3.8) is 0 Å². The van der Waals surface area contributed by atoms with Crippen LogP contribution >= 0.6 is 11.3 Å². The van der Waals surface area contributed by atoms with Gasteiger partial charge in [0.15, 0.2) is 0 Å². The number of hydrogen-bond acceptors (Lipinski definition) is 3. The minimum Gasteiger partial charge on any atom is -0.334 e. The summed E-state index contributed by atoms with van der Waals surface area (Å²) in [6.07, 6.45) is 0.950. The molecule has 0 atom stereocenters. The predicted octanol–water partition coefficient (Wildman–Crippen LogP) is 2.26. The summed E-state index contributed by atoms with van der Waals surface area (Å²) in [4.78, 5) is 15.9. The lowest BCUT2D eigenvalue weighted by atomic mass is 10.1. The summed E-state index contributed by atoms with van der Waals surface area (Å²) in [7, 11) is 0. The van der Waals surface area contributed by atoms with Crippen LogP contribution < -0.4 is 5.73 Å². The Morgan fingerprint density at radius 2 is 2.29 bits per heavy atom. The fraction of sp³-hybridized carbons (Fsp3) is 0.235. The van der Waals surface area contributed by atoms with E-state index in [1.807, 2.05) is 29.2 Å². The average molecular weight is 296 g/mol. The maximum Gasteiger partial charge on any atom is 0.254 e. The Morgan fingerprint density at radius 1 is 1.38 bits per heavy atom. The molecule has 2 aromatic rings. The van der Waals surface area contributed by atoms with E-state index in [0.29, 0.717) is 18.7 Å². The lowest BCUT2D eigenvalue weighted by Gasteiger charge is -2.27. The molecule has 1 amide bonds. The van der Waals surface area contributed by atoms with Gasteiger partial charge in [-0.2, -0.15) is 0 Å². The van der Waals surface area contributed by atoms with Crippen molar-refractivity contribution in [3.05, 3.63) is 57.3 Å². The molecule has 0 bridgehead atoms. The largest absolute Gasteiger partial charge is 0.334 e. The zero-order chi connectivity index (χ0) is 14.7. The Hall–Kier alpha value is -2.09. The lowest BCUT2D eigenvalue weighted by Crippen LogP contribution is -2.35. The van der Waals surface area contributed by atoms with Gasteiger partial charge in [0.1, 0.15) is 0 Å². The lowest BCUT2D eigenvalue weighted by molar-refractivity contribution is 0.0736. The monoisotopic (exact) mass is 296 g/mol. The van der Waals surface area contributed by atoms with Gasteiger partial charge in [-0.05, 0) is 41.6 Å². The number of thiophene rings is 1. The Morgan fingerprint density at radius 3 is 3.14 bits per heavy atom. The first-order valence-electron chi connectivity index (χ1n) is 6.91. The van der Waals surface area contributed by atoms with E-state index in [1.165, 1.54) is 10.4 Å². The fourth-order valence-electron chi connectivity index (χ4n) is 2.49. The van der Waals surface area contributed by atoms with Crippen LogP contribution in [0.3, 0.4) is 0 Å². The summed E-state index contributed by atoms with van der Waals surface area (Å²) >= 11 is 1.78.